The highest BCUT2D eigenvalue weighted by Crippen LogP contribution is 2.24. The van der Waals surface area contributed by atoms with Crippen molar-refractivity contribution in [2.45, 2.75) is 6.04 Å². The van der Waals surface area contributed by atoms with E-state index in [0.29, 0.717) is 0 Å². The monoisotopic (exact) mass is 374 g/mol. The molecular weight excluding hydrogens is 351 g/mol. The number of furan rings is 1. The molecular formula is C19H23FN4O3. The average molecular weight is 374 g/mol. The lowest BCUT2D eigenvalue weighted by molar-refractivity contribution is -0.139. The van der Waals surface area contributed by atoms with E-state index in [2.05, 4.69) is 20.4 Å². The van der Waals surface area contributed by atoms with Crippen LogP contribution in [0.5, 0.6) is 0 Å². The van der Waals surface area contributed by atoms with Crippen molar-refractivity contribution in [3.63, 3.8) is 0 Å². The molecule has 0 aliphatic carbocycles. The molecule has 1 aliphatic heterocycles. The largest absolute Gasteiger partial charge is 0.468 e. The van der Waals surface area contributed by atoms with Crippen molar-refractivity contribution in [1.29, 1.82) is 0 Å². The Labute approximate surface area is 157 Å². The fourth-order valence-electron chi connectivity index (χ4n) is 3.22. The van der Waals surface area contributed by atoms with Gasteiger partial charge in [0.05, 0.1) is 12.3 Å². The van der Waals surface area contributed by atoms with Gasteiger partial charge in [-0.25, -0.2) is 4.39 Å². The molecule has 2 aromatic rings. The lowest BCUT2D eigenvalue weighted by atomic mass is 10.1. The van der Waals surface area contributed by atoms with E-state index in [4.69, 9.17) is 4.42 Å². The molecule has 27 heavy (non-hydrogen) atoms. The highest BCUT2D eigenvalue weighted by atomic mass is 19.1. The second-order valence-electron chi connectivity index (χ2n) is 6.32. The Morgan fingerprint density at radius 2 is 1.81 bits per heavy atom. The number of rotatable bonds is 5. The van der Waals surface area contributed by atoms with Crippen LogP contribution in [-0.4, -0.2) is 56.5 Å². The normalized spacial score (nSPS) is 16.0. The third-order valence-corrected chi connectivity index (χ3v) is 4.71. The first-order chi connectivity index (χ1) is 13.1. The van der Waals surface area contributed by atoms with E-state index in [1.165, 1.54) is 19.2 Å². The summed E-state index contributed by atoms with van der Waals surface area (Å²) >= 11 is 0. The summed E-state index contributed by atoms with van der Waals surface area (Å²) < 4.78 is 18.7. The molecule has 2 heterocycles. The van der Waals surface area contributed by atoms with Crippen LogP contribution in [0.4, 0.5) is 10.1 Å². The minimum absolute atomic E-state index is 0.163. The van der Waals surface area contributed by atoms with Gasteiger partial charge < -0.3 is 20.0 Å². The summed E-state index contributed by atoms with van der Waals surface area (Å²) in [6.45, 7) is 3.31. The summed E-state index contributed by atoms with van der Waals surface area (Å²) in [4.78, 5) is 27.6. The smallest absolute Gasteiger partial charge is 0.309 e. The maximum absolute atomic E-state index is 13.1. The van der Waals surface area contributed by atoms with Crippen LogP contribution in [0.3, 0.4) is 0 Å². The Morgan fingerprint density at radius 1 is 1.11 bits per heavy atom. The molecule has 1 aliphatic rings. The highest BCUT2D eigenvalue weighted by Gasteiger charge is 2.28. The summed E-state index contributed by atoms with van der Waals surface area (Å²) in [5.41, 5.74) is 0.985. The van der Waals surface area contributed by atoms with Crippen molar-refractivity contribution < 1.29 is 18.4 Å². The first kappa shape index (κ1) is 18.9. The number of carbonyl (C=O) groups excluding carboxylic acids is 2. The molecule has 0 radical (unpaired) electrons. The third kappa shape index (κ3) is 4.65. The Hall–Kier alpha value is -2.87. The molecule has 8 heteroatoms. The predicted molar refractivity (Wildman–Crippen MR) is 98.7 cm³/mol. The molecule has 0 bridgehead atoms. The maximum atomic E-state index is 13.1. The van der Waals surface area contributed by atoms with Gasteiger partial charge in [0.15, 0.2) is 0 Å². The number of anilines is 1. The molecule has 1 fully saturated rings. The minimum atomic E-state index is -0.672. The fraction of sp³-hybridized carbons (Fsp3) is 0.368. The fourth-order valence-corrected chi connectivity index (χ4v) is 3.22. The third-order valence-electron chi connectivity index (χ3n) is 4.71. The van der Waals surface area contributed by atoms with Gasteiger partial charge in [-0.1, -0.05) is 0 Å². The molecule has 0 unspecified atom stereocenters. The first-order valence-corrected chi connectivity index (χ1v) is 8.86. The van der Waals surface area contributed by atoms with Crippen molar-refractivity contribution in [3.8, 4) is 0 Å². The molecule has 3 rings (SSSR count). The Bertz CT molecular complexity index is 756. The quantitative estimate of drug-likeness (QED) is 0.768. The molecule has 2 N–H and O–H groups in total. The van der Waals surface area contributed by atoms with Crippen LogP contribution >= 0.6 is 0 Å². The molecule has 0 saturated carbocycles. The number of carbonyl (C=O) groups is 2. The van der Waals surface area contributed by atoms with Gasteiger partial charge in [0.25, 0.3) is 0 Å². The number of halogens is 1. The average Bonchev–Trinajstić information content (AvgIpc) is 3.23. The maximum Gasteiger partial charge on any atom is 0.309 e. The molecule has 144 valence electrons. The van der Waals surface area contributed by atoms with Crippen molar-refractivity contribution in [1.82, 2.24) is 15.5 Å². The number of benzene rings is 1. The summed E-state index contributed by atoms with van der Waals surface area (Å²) in [6, 6.07) is 9.98. The zero-order valence-electron chi connectivity index (χ0n) is 15.2. The van der Waals surface area contributed by atoms with Gasteiger partial charge in [-0.05, 0) is 36.4 Å². The van der Waals surface area contributed by atoms with Gasteiger partial charge in [-0.15, -0.1) is 0 Å². The number of hydrogen-bond acceptors (Lipinski definition) is 5. The molecule has 0 spiro atoms. The lowest BCUT2D eigenvalue weighted by Gasteiger charge is -2.39. The Balaban J connectivity index is 1.63. The number of hydrogen-bond donors (Lipinski definition) is 2. The molecule has 7 nitrogen and oxygen atoms in total. The van der Waals surface area contributed by atoms with E-state index in [1.54, 1.807) is 24.5 Å². The van der Waals surface area contributed by atoms with Crippen LogP contribution in [0.15, 0.2) is 47.1 Å². The molecule has 1 aromatic carbocycles. The van der Waals surface area contributed by atoms with Crippen molar-refractivity contribution >= 4 is 17.5 Å². The Kier molecular flexibility index (Phi) is 6.08. The first-order valence-electron chi connectivity index (χ1n) is 8.86. The van der Waals surface area contributed by atoms with Crippen LogP contribution < -0.4 is 15.5 Å². The number of piperazine rings is 1. The van der Waals surface area contributed by atoms with E-state index in [-0.39, 0.29) is 18.4 Å². The second kappa shape index (κ2) is 8.68. The second-order valence-corrected chi connectivity index (χ2v) is 6.32. The van der Waals surface area contributed by atoms with E-state index in [9.17, 15) is 14.0 Å². The van der Waals surface area contributed by atoms with Crippen LogP contribution in [0.1, 0.15) is 11.8 Å². The van der Waals surface area contributed by atoms with Gasteiger partial charge in [0.2, 0.25) is 0 Å². The van der Waals surface area contributed by atoms with Gasteiger partial charge in [-0.2, -0.15) is 0 Å². The van der Waals surface area contributed by atoms with Crippen LogP contribution in [0, 0.1) is 5.82 Å². The summed E-state index contributed by atoms with van der Waals surface area (Å²) in [5, 5.41) is 4.97. The number of amides is 2. The van der Waals surface area contributed by atoms with Crippen molar-refractivity contribution in [2.24, 2.45) is 0 Å². The van der Waals surface area contributed by atoms with Gasteiger partial charge in [0, 0.05) is 45.5 Å². The summed E-state index contributed by atoms with van der Waals surface area (Å²) in [7, 11) is 1.42. The lowest BCUT2D eigenvalue weighted by Crippen LogP contribution is -2.50. The summed E-state index contributed by atoms with van der Waals surface area (Å²) in [6.07, 6.45) is 1.59. The van der Waals surface area contributed by atoms with Crippen LogP contribution in [0.25, 0.3) is 0 Å². The Morgan fingerprint density at radius 3 is 2.41 bits per heavy atom. The topological polar surface area (TPSA) is 77.8 Å². The standard InChI is InChI=1S/C19H23FN4O3/c1-21-18(25)19(26)22-13-16(17-3-2-12-27-17)24-10-8-23(9-11-24)15-6-4-14(20)5-7-15/h2-7,12,16H,8-11,13H2,1H3,(H,21,25)(H,22,26)/t16-/m1/s1. The van der Waals surface area contributed by atoms with Gasteiger partial charge >= 0.3 is 11.8 Å². The highest BCUT2D eigenvalue weighted by molar-refractivity contribution is 6.35. The molecule has 1 saturated heterocycles. The molecule has 1 aromatic heterocycles. The molecule has 2 amide bonds. The minimum Gasteiger partial charge on any atom is -0.468 e. The van der Waals surface area contributed by atoms with Crippen LogP contribution in [-0.2, 0) is 9.59 Å². The van der Waals surface area contributed by atoms with E-state index in [0.717, 1.165) is 37.6 Å². The summed E-state index contributed by atoms with van der Waals surface area (Å²) in [5.74, 6) is -0.849. The van der Waals surface area contributed by atoms with Gasteiger partial charge in [-0.3, -0.25) is 14.5 Å². The van der Waals surface area contributed by atoms with Crippen molar-refractivity contribution in [2.75, 3.05) is 44.7 Å². The SMILES string of the molecule is CNC(=O)C(=O)NC[C@H](c1ccco1)N1CCN(c2ccc(F)cc2)CC1. The number of nitrogens with zero attached hydrogens (tertiary/aromatic N) is 2. The van der Waals surface area contributed by atoms with E-state index >= 15 is 0 Å². The van der Waals surface area contributed by atoms with Crippen molar-refractivity contribution in [3.05, 3.63) is 54.2 Å². The number of nitrogens with one attached hydrogen (secondary N) is 2. The zero-order chi connectivity index (χ0) is 19.2. The zero-order valence-corrected chi connectivity index (χ0v) is 15.2. The van der Waals surface area contributed by atoms with E-state index < -0.39 is 11.8 Å². The molecule has 1 atom stereocenters. The predicted octanol–water partition coefficient (Wildman–Crippen LogP) is 1.14. The van der Waals surface area contributed by atoms with E-state index in [1.807, 2.05) is 6.07 Å². The van der Waals surface area contributed by atoms with Gasteiger partial charge in [0.1, 0.15) is 11.6 Å². The van der Waals surface area contributed by atoms with Crippen LogP contribution in [0.2, 0.25) is 0 Å². The number of likely N-dealkylation sites (N-methyl/N-ethyl adjacent to an activating group) is 1.